The van der Waals surface area contributed by atoms with Crippen LogP contribution in [0.4, 0.5) is 5.82 Å². The van der Waals surface area contributed by atoms with Crippen LogP contribution in [0.3, 0.4) is 0 Å². The Hall–Kier alpha value is -3.13. The van der Waals surface area contributed by atoms with E-state index in [0.717, 1.165) is 5.56 Å². The summed E-state index contributed by atoms with van der Waals surface area (Å²) in [4.78, 5) is 12.9. The number of carbonyl (C=O) groups is 1. The van der Waals surface area contributed by atoms with E-state index >= 15 is 0 Å². The third-order valence-electron chi connectivity index (χ3n) is 5.30. The highest BCUT2D eigenvalue weighted by atomic mass is 32.2. The fourth-order valence-electron chi connectivity index (χ4n) is 3.64. The Morgan fingerprint density at radius 2 is 1.88 bits per heavy atom. The normalized spacial score (nSPS) is 17.4. The first-order chi connectivity index (χ1) is 15.3. The highest BCUT2D eigenvalue weighted by Crippen LogP contribution is 2.30. The molecule has 0 saturated carbocycles. The van der Waals surface area contributed by atoms with Crippen molar-refractivity contribution >= 4 is 21.6 Å². The summed E-state index contributed by atoms with van der Waals surface area (Å²) >= 11 is 0. The standard InChI is InChI=1S/C24H27N3O4S/c1-17(2)15-31-21-10-8-19(9-11-21)24(28)25-23-14-22(18-6-4-3-5-7-18)26-27(23)20-12-13-32(29,30)16-20/h3-11,14,17,20H,12-13,15-16H2,1-2H3,(H,25,28)/t20-/m1/s1. The average molecular weight is 454 g/mol. The fourth-order valence-corrected chi connectivity index (χ4v) is 5.33. The summed E-state index contributed by atoms with van der Waals surface area (Å²) in [6, 6.07) is 18.1. The monoisotopic (exact) mass is 453 g/mol. The number of amides is 1. The van der Waals surface area contributed by atoms with Gasteiger partial charge in [0, 0.05) is 17.2 Å². The number of rotatable bonds is 7. The van der Waals surface area contributed by atoms with Gasteiger partial charge in [-0.2, -0.15) is 5.10 Å². The first-order valence-corrected chi connectivity index (χ1v) is 12.5. The molecule has 0 radical (unpaired) electrons. The third-order valence-corrected chi connectivity index (χ3v) is 7.05. The Labute approximate surface area is 188 Å². The van der Waals surface area contributed by atoms with Crippen LogP contribution in [-0.2, 0) is 9.84 Å². The zero-order valence-corrected chi connectivity index (χ0v) is 19.0. The van der Waals surface area contributed by atoms with Gasteiger partial charge in [-0.05, 0) is 36.6 Å². The van der Waals surface area contributed by atoms with Crippen LogP contribution in [0.25, 0.3) is 11.3 Å². The van der Waals surface area contributed by atoms with Crippen molar-refractivity contribution < 1.29 is 17.9 Å². The lowest BCUT2D eigenvalue weighted by Gasteiger charge is -2.14. The first kappa shape index (κ1) is 22.1. The Kier molecular flexibility index (Phi) is 6.32. The van der Waals surface area contributed by atoms with Crippen LogP contribution in [0.2, 0.25) is 0 Å². The van der Waals surface area contributed by atoms with Crippen LogP contribution in [0.1, 0.15) is 36.7 Å². The van der Waals surface area contributed by atoms with Gasteiger partial charge < -0.3 is 10.1 Å². The molecule has 1 fully saturated rings. The van der Waals surface area contributed by atoms with Crippen LogP contribution in [0.5, 0.6) is 5.75 Å². The van der Waals surface area contributed by atoms with Gasteiger partial charge in [-0.15, -0.1) is 0 Å². The summed E-state index contributed by atoms with van der Waals surface area (Å²) in [7, 11) is -3.10. The van der Waals surface area contributed by atoms with E-state index in [4.69, 9.17) is 4.74 Å². The molecular formula is C24H27N3O4S. The largest absolute Gasteiger partial charge is 0.493 e. The van der Waals surface area contributed by atoms with E-state index in [-0.39, 0.29) is 23.5 Å². The predicted molar refractivity (Wildman–Crippen MR) is 125 cm³/mol. The number of carbonyl (C=O) groups excluding carboxylic acids is 1. The number of ether oxygens (including phenoxy) is 1. The van der Waals surface area contributed by atoms with Crippen molar-refractivity contribution in [1.82, 2.24) is 9.78 Å². The summed E-state index contributed by atoms with van der Waals surface area (Å²) in [5, 5.41) is 7.56. The molecular weight excluding hydrogens is 426 g/mol. The van der Waals surface area contributed by atoms with Crippen LogP contribution in [-0.4, -0.2) is 42.2 Å². The molecule has 1 amide bonds. The molecule has 1 atom stereocenters. The molecule has 2 heterocycles. The van der Waals surface area contributed by atoms with E-state index in [1.807, 2.05) is 30.3 Å². The fraction of sp³-hybridized carbons (Fsp3) is 0.333. The minimum absolute atomic E-state index is 0.0215. The lowest BCUT2D eigenvalue weighted by atomic mass is 10.1. The molecule has 0 aliphatic carbocycles. The van der Waals surface area contributed by atoms with Crippen molar-refractivity contribution in [2.24, 2.45) is 5.92 Å². The maximum atomic E-state index is 12.9. The maximum Gasteiger partial charge on any atom is 0.256 e. The minimum atomic E-state index is -3.10. The van der Waals surface area contributed by atoms with Gasteiger partial charge in [-0.1, -0.05) is 44.2 Å². The Bertz CT molecular complexity index is 1190. The molecule has 2 aromatic carbocycles. The van der Waals surface area contributed by atoms with Gasteiger partial charge in [-0.25, -0.2) is 13.1 Å². The number of hydrogen-bond acceptors (Lipinski definition) is 5. The van der Waals surface area contributed by atoms with E-state index < -0.39 is 9.84 Å². The molecule has 1 aliphatic rings. The van der Waals surface area contributed by atoms with Crippen molar-refractivity contribution in [2.75, 3.05) is 23.4 Å². The summed E-state index contributed by atoms with van der Waals surface area (Å²) in [5.41, 5.74) is 2.06. The van der Waals surface area contributed by atoms with Crippen molar-refractivity contribution in [3.8, 4) is 17.0 Å². The topological polar surface area (TPSA) is 90.3 Å². The number of nitrogens with one attached hydrogen (secondary N) is 1. The summed E-state index contributed by atoms with van der Waals surface area (Å²) in [6.07, 6.45) is 0.475. The predicted octanol–water partition coefficient (Wildman–Crippen LogP) is 4.20. The lowest BCUT2D eigenvalue weighted by molar-refractivity contribution is 0.102. The third kappa shape index (κ3) is 5.19. The summed E-state index contributed by atoms with van der Waals surface area (Å²) in [6.45, 7) is 4.76. The van der Waals surface area contributed by atoms with Crippen molar-refractivity contribution in [3.63, 3.8) is 0 Å². The molecule has 1 aromatic heterocycles. The van der Waals surface area contributed by atoms with Crippen molar-refractivity contribution in [2.45, 2.75) is 26.3 Å². The molecule has 1 saturated heterocycles. The van der Waals surface area contributed by atoms with E-state index in [9.17, 15) is 13.2 Å². The van der Waals surface area contributed by atoms with Gasteiger partial charge in [0.15, 0.2) is 9.84 Å². The second-order valence-corrected chi connectivity index (χ2v) is 10.7. The quantitative estimate of drug-likeness (QED) is 0.579. The molecule has 3 aromatic rings. The van der Waals surface area contributed by atoms with E-state index in [0.29, 0.717) is 41.8 Å². The van der Waals surface area contributed by atoms with E-state index in [2.05, 4.69) is 24.3 Å². The molecule has 0 unspecified atom stereocenters. The van der Waals surface area contributed by atoms with Crippen LogP contribution in [0, 0.1) is 5.92 Å². The number of nitrogens with zero attached hydrogens (tertiary/aromatic N) is 2. The van der Waals surface area contributed by atoms with Crippen LogP contribution >= 0.6 is 0 Å². The van der Waals surface area contributed by atoms with Crippen molar-refractivity contribution in [3.05, 3.63) is 66.2 Å². The number of aromatic nitrogens is 2. The Morgan fingerprint density at radius 3 is 2.50 bits per heavy atom. The maximum absolute atomic E-state index is 12.9. The molecule has 1 N–H and O–H groups in total. The highest BCUT2D eigenvalue weighted by molar-refractivity contribution is 7.91. The molecule has 0 spiro atoms. The number of benzene rings is 2. The van der Waals surface area contributed by atoms with Crippen LogP contribution in [0.15, 0.2) is 60.7 Å². The second-order valence-electron chi connectivity index (χ2n) is 8.47. The van der Waals surface area contributed by atoms with Gasteiger partial charge in [0.05, 0.1) is 29.8 Å². The minimum Gasteiger partial charge on any atom is -0.493 e. The second kappa shape index (κ2) is 9.16. The van der Waals surface area contributed by atoms with Crippen LogP contribution < -0.4 is 10.1 Å². The average Bonchev–Trinajstić information content (AvgIpc) is 3.36. The van der Waals surface area contributed by atoms with Gasteiger partial charge in [0.25, 0.3) is 5.91 Å². The van der Waals surface area contributed by atoms with Gasteiger partial charge >= 0.3 is 0 Å². The zero-order valence-electron chi connectivity index (χ0n) is 18.2. The van der Waals surface area contributed by atoms with Gasteiger partial charge in [-0.3, -0.25) is 4.79 Å². The van der Waals surface area contributed by atoms with Gasteiger partial charge in [0.2, 0.25) is 0 Å². The molecule has 7 nitrogen and oxygen atoms in total. The number of anilines is 1. The lowest BCUT2D eigenvalue weighted by Crippen LogP contribution is -2.19. The number of hydrogen-bond donors (Lipinski definition) is 1. The molecule has 168 valence electrons. The van der Waals surface area contributed by atoms with E-state index in [1.54, 1.807) is 35.0 Å². The zero-order chi connectivity index (χ0) is 22.7. The smallest absolute Gasteiger partial charge is 0.256 e. The van der Waals surface area contributed by atoms with Crippen molar-refractivity contribution in [1.29, 1.82) is 0 Å². The summed E-state index contributed by atoms with van der Waals surface area (Å²) in [5.74, 6) is 1.47. The molecule has 32 heavy (non-hydrogen) atoms. The Balaban J connectivity index is 1.58. The Morgan fingerprint density at radius 1 is 1.16 bits per heavy atom. The molecule has 8 heteroatoms. The summed E-state index contributed by atoms with van der Waals surface area (Å²) < 4.78 is 31.4. The number of sulfone groups is 1. The highest BCUT2D eigenvalue weighted by Gasteiger charge is 2.32. The molecule has 1 aliphatic heterocycles. The van der Waals surface area contributed by atoms with E-state index in [1.165, 1.54) is 0 Å². The van der Waals surface area contributed by atoms with Gasteiger partial charge in [0.1, 0.15) is 11.6 Å². The molecule has 4 rings (SSSR count). The SMILES string of the molecule is CC(C)COc1ccc(C(=O)Nc2cc(-c3ccccc3)nn2[C@@H]2CCS(=O)(=O)C2)cc1. The first-order valence-electron chi connectivity index (χ1n) is 10.7. The molecule has 0 bridgehead atoms.